The van der Waals surface area contributed by atoms with Gasteiger partial charge in [0.15, 0.2) is 0 Å². The highest BCUT2D eigenvalue weighted by molar-refractivity contribution is 5.35. The minimum atomic E-state index is 0.427. The van der Waals surface area contributed by atoms with Gasteiger partial charge >= 0.3 is 0 Å². The van der Waals surface area contributed by atoms with E-state index in [-0.39, 0.29) is 0 Å². The molecule has 0 fully saturated rings. The van der Waals surface area contributed by atoms with E-state index in [0.717, 1.165) is 24.7 Å². The fourth-order valence-electron chi connectivity index (χ4n) is 1.36. The molecule has 0 aliphatic rings. The molecule has 0 unspecified atom stereocenters. The molecule has 0 radical (unpaired) electrons. The van der Waals surface area contributed by atoms with Gasteiger partial charge in [0.25, 0.3) is 0 Å². The number of nitrogens with one attached hydrogen (secondary N) is 1. The van der Waals surface area contributed by atoms with Crippen LogP contribution in [0.5, 0.6) is 0 Å². The van der Waals surface area contributed by atoms with E-state index in [1.54, 1.807) is 6.33 Å². The number of hydrogen-bond acceptors (Lipinski definition) is 4. The van der Waals surface area contributed by atoms with Crippen molar-refractivity contribution in [2.45, 2.75) is 33.6 Å². The van der Waals surface area contributed by atoms with Crippen LogP contribution < -0.4 is 5.32 Å². The van der Waals surface area contributed by atoms with Crippen molar-refractivity contribution in [1.29, 1.82) is 0 Å². The predicted molar refractivity (Wildman–Crippen MR) is 70.3 cm³/mol. The van der Waals surface area contributed by atoms with E-state index >= 15 is 0 Å². The highest BCUT2D eigenvalue weighted by Gasteiger charge is 2.02. The highest BCUT2D eigenvalue weighted by atomic mass is 16.5. The first kappa shape index (κ1) is 13.9. The molecule has 1 aromatic rings. The summed E-state index contributed by atoms with van der Waals surface area (Å²) in [5.41, 5.74) is 1.06. The van der Waals surface area contributed by atoms with Crippen molar-refractivity contribution in [1.82, 2.24) is 9.97 Å². The quantitative estimate of drug-likeness (QED) is 0.741. The van der Waals surface area contributed by atoms with Crippen molar-refractivity contribution in [2.75, 3.05) is 25.1 Å². The van der Waals surface area contributed by atoms with Gasteiger partial charge in [-0.2, -0.15) is 0 Å². The second-order valence-corrected chi connectivity index (χ2v) is 4.88. The van der Waals surface area contributed by atoms with Crippen molar-refractivity contribution in [3.05, 3.63) is 18.1 Å². The fourth-order valence-corrected chi connectivity index (χ4v) is 1.36. The Balaban J connectivity index is 2.29. The van der Waals surface area contributed by atoms with Crippen LogP contribution in [0.4, 0.5) is 5.82 Å². The summed E-state index contributed by atoms with van der Waals surface area (Å²) in [6.07, 6.45) is 1.60. The SMILES string of the molecule is CC(C)COCCNc1cc(C(C)C)ncn1. The van der Waals surface area contributed by atoms with Crippen LogP contribution in [0.2, 0.25) is 0 Å². The summed E-state index contributed by atoms with van der Waals surface area (Å²) in [6, 6.07) is 1.99. The molecule has 0 aliphatic heterocycles. The molecule has 0 atom stereocenters. The number of ether oxygens (including phenoxy) is 1. The van der Waals surface area contributed by atoms with E-state index in [1.165, 1.54) is 0 Å². The lowest BCUT2D eigenvalue weighted by Gasteiger charge is -2.09. The third-order valence-electron chi connectivity index (χ3n) is 2.28. The van der Waals surface area contributed by atoms with Gasteiger partial charge in [-0.15, -0.1) is 0 Å². The van der Waals surface area contributed by atoms with Gasteiger partial charge in [0.2, 0.25) is 0 Å². The Bertz CT molecular complexity index is 326. The Labute approximate surface area is 104 Å². The second kappa shape index (κ2) is 7.22. The van der Waals surface area contributed by atoms with Crippen LogP contribution in [-0.2, 0) is 4.74 Å². The molecule has 0 saturated carbocycles. The van der Waals surface area contributed by atoms with Gasteiger partial charge in [0.1, 0.15) is 12.1 Å². The molecule has 1 heterocycles. The molecular weight excluding hydrogens is 214 g/mol. The summed E-state index contributed by atoms with van der Waals surface area (Å²) in [7, 11) is 0. The van der Waals surface area contributed by atoms with E-state index in [9.17, 15) is 0 Å². The van der Waals surface area contributed by atoms with Crippen molar-refractivity contribution < 1.29 is 4.74 Å². The summed E-state index contributed by atoms with van der Waals surface area (Å²) < 4.78 is 5.49. The number of hydrogen-bond donors (Lipinski definition) is 1. The Morgan fingerprint density at radius 3 is 2.65 bits per heavy atom. The zero-order valence-electron chi connectivity index (χ0n) is 11.2. The Hall–Kier alpha value is -1.16. The molecule has 1 N–H and O–H groups in total. The van der Waals surface area contributed by atoms with Crippen LogP contribution in [-0.4, -0.2) is 29.7 Å². The van der Waals surface area contributed by atoms with Crippen LogP contribution in [0.15, 0.2) is 12.4 Å². The fraction of sp³-hybridized carbons (Fsp3) is 0.692. The second-order valence-electron chi connectivity index (χ2n) is 4.88. The van der Waals surface area contributed by atoms with Gasteiger partial charge in [0, 0.05) is 24.9 Å². The normalized spacial score (nSPS) is 11.2. The molecule has 17 heavy (non-hydrogen) atoms. The number of anilines is 1. The van der Waals surface area contributed by atoms with E-state index in [4.69, 9.17) is 4.74 Å². The lowest BCUT2D eigenvalue weighted by atomic mass is 10.1. The third-order valence-corrected chi connectivity index (χ3v) is 2.28. The van der Waals surface area contributed by atoms with Crippen LogP contribution in [0.3, 0.4) is 0 Å². The van der Waals surface area contributed by atoms with Crippen molar-refractivity contribution in [3.8, 4) is 0 Å². The zero-order valence-corrected chi connectivity index (χ0v) is 11.2. The standard InChI is InChI=1S/C13H23N3O/c1-10(2)8-17-6-5-14-13-7-12(11(3)4)15-9-16-13/h7,9-11H,5-6,8H2,1-4H3,(H,14,15,16). The minimum absolute atomic E-state index is 0.427. The molecule has 0 aliphatic carbocycles. The van der Waals surface area contributed by atoms with Gasteiger partial charge in [-0.3, -0.25) is 0 Å². The van der Waals surface area contributed by atoms with Crippen molar-refractivity contribution in [3.63, 3.8) is 0 Å². The van der Waals surface area contributed by atoms with Gasteiger partial charge in [-0.1, -0.05) is 27.7 Å². The van der Waals surface area contributed by atoms with E-state index in [0.29, 0.717) is 18.4 Å². The molecule has 1 rings (SSSR count). The Kier molecular flexibility index (Phi) is 5.91. The summed E-state index contributed by atoms with van der Waals surface area (Å²) in [4.78, 5) is 8.40. The van der Waals surface area contributed by atoms with Crippen molar-refractivity contribution >= 4 is 5.82 Å². The maximum atomic E-state index is 5.49. The van der Waals surface area contributed by atoms with Crippen LogP contribution in [0, 0.1) is 5.92 Å². The van der Waals surface area contributed by atoms with Crippen LogP contribution in [0.1, 0.15) is 39.3 Å². The van der Waals surface area contributed by atoms with Crippen LogP contribution >= 0.6 is 0 Å². The first-order valence-corrected chi connectivity index (χ1v) is 6.23. The summed E-state index contributed by atoms with van der Waals surface area (Å²) in [5.74, 6) is 1.88. The molecule has 96 valence electrons. The predicted octanol–water partition coefficient (Wildman–Crippen LogP) is 2.68. The average molecular weight is 237 g/mol. The summed E-state index contributed by atoms with van der Waals surface area (Å²) in [6.45, 7) is 10.8. The molecule has 4 nitrogen and oxygen atoms in total. The molecule has 1 aromatic heterocycles. The smallest absolute Gasteiger partial charge is 0.129 e. The van der Waals surface area contributed by atoms with Gasteiger partial charge in [-0.25, -0.2) is 9.97 Å². The monoisotopic (exact) mass is 237 g/mol. The van der Waals surface area contributed by atoms with Crippen molar-refractivity contribution in [2.24, 2.45) is 5.92 Å². The largest absolute Gasteiger partial charge is 0.379 e. The molecule has 0 spiro atoms. The molecule has 0 aromatic carbocycles. The Morgan fingerprint density at radius 2 is 2.00 bits per heavy atom. The third kappa shape index (κ3) is 5.63. The number of nitrogens with zero attached hydrogens (tertiary/aromatic N) is 2. The van der Waals surface area contributed by atoms with Gasteiger partial charge in [0.05, 0.1) is 6.61 Å². The van der Waals surface area contributed by atoms with Gasteiger partial charge in [-0.05, 0) is 11.8 Å². The van der Waals surface area contributed by atoms with E-state index in [2.05, 4.69) is 43.0 Å². The van der Waals surface area contributed by atoms with Crippen LogP contribution in [0.25, 0.3) is 0 Å². The Morgan fingerprint density at radius 1 is 1.24 bits per heavy atom. The zero-order chi connectivity index (χ0) is 12.7. The minimum Gasteiger partial charge on any atom is -0.379 e. The maximum absolute atomic E-state index is 5.49. The number of rotatable bonds is 7. The number of aromatic nitrogens is 2. The highest BCUT2D eigenvalue weighted by Crippen LogP contribution is 2.13. The topological polar surface area (TPSA) is 47.0 Å². The summed E-state index contributed by atoms with van der Waals surface area (Å²) >= 11 is 0. The lowest BCUT2D eigenvalue weighted by Crippen LogP contribution is -2.13. The molecule has 0 amide bonds. The first-order chi connectivity index (χ1) is 8.09. The molecule has 4 heteroatoms. The molecule has 0 saturated heterocycles. The first-order valence-electron chi connectivity index (χ1n) is 6.23. The molecular formula is C13H23N3O. The average Bonchev–Trinajstić information content (AvgIpc) is 2.28. The van der Waals surface area contributed by atoms with E-state index in [1.807, 2.05) is 6.07 Å². The lowest BCUT2D eigenvalue weighted by molar-refractivity contribution is 0.118. The summed E-state index contributed by atoms with van der Waals surface area (Å²) in [5, 5.41) is 3.24. The molecule has 0 bridgehead atoms. The van der Waals surface area contributed by atoms with Gasteiger partial charge < -0.3 is 10.1 Å². The maximum Gasteiger partial charge on any atom is 0.129 e. The van der Waals surface area contributed by atoms with E-state index < -0.39 is 0 Å².